The summed E-state index contributed by atoms with van der Waals surface area (Å²) in [6.07, 6.45) is 11.5. The number of aromatic amines is 2. The minimum Gasteiger partial charge on any atom is -0.337 e. The van der Waals surface area contributed by atoms with Gasteiger partial charge in [0.25, 0.3) is 0 Å². The van der Waals surface area contributed by atoms with Gasteiger partial charge in [0, 0.05) is 47.3 Å². The van der Waals surface area contributed by atoms with Crippen LogP contribution in [0, 0.1) is 6.92 Å². The topological polar surface area (TPSA) is 99.3 Å². The van der Waals surface area contributed by atoms with Gasteiger partial charge in [-0.15, -0.1) is 11.3 Å². The Kier molecular flexibility index (Phi) is 5.52. The van der Waals surface area contributed by atoms with Crippen LogP contribution in [0.15, 0.2) is 55.1 Å². The lowest BCUT2D eigenvalue weighted by atomic mass is 10.1. The minimum atomic E-state index is 0.656. The summed E-state index contributed by atoms with van der Waals surface area (Å²) in [6.45, 7) is 5.37. The Balaban J connectivity index is 1.26. The van der Waals surface area contributed by atoms with Crippen molar-refractivity contribution in [2.75, 3.05) is 13.1 Å². The highest BCUT2D eigenvalue weighted by atomic mass is 32.1. The smallest absolute Gasteiger partial charge is 0.181 e. The van der Waals surface area contributed by atoms with E-state index in [0.717, 1.165) is 69.3 Å². The average Bonchev–Trinajstić information content (AvgIpc) is 3.66. The van der Waals surface area contributed by atoms with E-state index in [1.165, 1.54) is 29.7 Å². The molecular weight excluding hydrogens is 480 g/mol. The first-order chi connectivity index (χ1) is 18.2. The standard InChI is InChI=1S/C28H26N8S/c1-17-5-6-23(37-17)26-25-22(7-8-30-26)32-28(33-25)24-21-12-20(15-31-27(21)35-34-24)19-11-18(13-29-14-19)16-36-9-3-2-4-10-36/h5-8,11-15H,2-4,9-10,16H2,1H3,(H,32,33)(H,31,34,35). The van der Waals surface area contributed by atoms with Crippen molar-refractivity contribution in [3.05, 3.63) is 65.6 Å². The van der Waals surface area contributed by atoms with E-state index in [1.807, 2.05) is 30.9 Å². The van der Waals surface area contributed by atoms with Gasteiger partial charge >= 0.3 is 0 Å². The largest absolute Gasteiger partial charge is 0.337 e. The van der Waals surface area contributed by atoms with Gasteiger partial charge in [0.15, 0.2) is 11.5 Å². The number of hydrogen-bond donors (Lipinski definition) is 2. The number of pyridine rings is 3. The highest BCUT2D eigenvalue weighted by molar-refractivity contribution is 7.15. The molecule has 0 bridgehead atoms. The first-order valence-corrected chi connectivity index (χ1v) is 13.5. The molecule has 6 aromatic heterocycles. The van der Waals surface area contributed by atoms with Crippen LogP contribution in [-0.4, -0.2) is 53.1 Å². The Morgan fingerprint density at radius 3 is 2.73 bits per heavy atom. The van der Waals surface area contributed by atoms with Crippen molar-refractivity contribution in [2.24, 2.45) is 0 Å². The quantitative estimate of drug-likeness (QED) is 0.298. The second kappa shape index (κ2) is 9.17. The van der Waals surface area contributed by atoms with E-state index in [0.29, 0.717) is 5.65 Å². The molecule has 0 aliphatic carbocycles. The Labute approximate surface area is 217 Å². The SMILES string of the molecule is Cc1ccc(-c2nccc3[nH]c(-c4[nH]nc5ncc(-c6cncc(CN7CCCCC7)c6)cc45)nc23)s1. The first kappa shape index (κ1) is 22.3. The van der Waals surface area contributed by atoms with Crippen LogP contribution in [0.1, 0.15) is 29.7 Å². The van der Waals surface area contributed by atoms with Gasteiger partial charge < -0.3 is 4.98 Å². The maximum Gasteiger partial charge on any atom is 0.181 e. The molecule has 9 heteroatoms. The number of nitrogens with one attached hydrogen (secondary N) is 2. The zero-order chi connectivity index (χ0) is 24.8. The molecule has 184 valence electrons. The number of H-pyrrole nitrogens is 2. The molecule has 7 heterocycles. The fraction of sp³-hybridized carbons (Fsp3) is 0.250. The molecule has 0 amide bonds. The first-order valence-electron chi connectivity index (χ1n) is 12.6. The lowest BCUT2D eigenvalue weighted by molar-refractivity contribution is 0.220. The van der Waals surface area contributed by atoms with Crippen LogP contribution in [0.4, 0.5) is 0 Å². The predicted molar refractivity (Wildman–Crippen MR) is 147 cm³/mol. The maximum atomic E-state index is 4.94. The summed E-state index contributed by atoms with van der Waals surface area (Å²) in [4.78, 5) is 27.1. The molecule has 0 spiro atoms. The van der Waals surface area contributed by atoms with Crippen molar-refractivity contribution in [1.82, 2.24) is 40.0 Å². The fourth-order valence-corrected chi connectivity index (χ4v) is 6.01. The molecule has 0 atom stereocenters. The van der Waals surface area contributed by atoms with Crippen molar-refractivity contribution < 1.29 is 0 Å². The van der Waals surface area contributed by atoms with E-state index in [1.54, 1.807) is 11.3 Å². The average molecular weight is 507 g/mol. The van der Waals surface area contributed by atoms with E-state index in [4.69, 9.17) is 4.98 Å². The van der Waals surface area contributed by atoms with Crippen molar-refractivity contribution in [3.63, 3.8) is 0 Å². The van der Waals surface area contributed by atoms with Crippen LogP contribution in [0.25, 0.3) is 55.3 Å². The second-order valence-electron chi connectivity index (χ2n) is 9.66. The normalized spacial score (nSPS) is 14.6. The molecule has 7 rings (SSSR count). The monoisotopic (exact) mass is 506 g/mol. The molecule has 0 radical (unpaired) electrons. The molecule has 1 aliphatic heterocycles. The van der Waals surface area contributed by atoms with Crippen LogP contribution in [0.5, 0.6) is 0 Å². The van der Waals surface area contributed by atoms with Gasteiger partial charge in [0.2, 0.25) is 0 Å². The third-order valence-electron chi connectivity index (χ3n) is 7.00. The van der Waals surface area contributed by atoms with Crippen LogP contribution < -0.4 is 0 Å². The zero-order valence-electron chi connectivity index (χ0n) is 20.5. The number of fused-ring (bicyclic) bond motifs is 2. The highest BCUT2D eigenvalue weighted by Crippen LogP contribution is 2.34. The van der Waals surface area contributed by atoms with Gasteiger partial charge in [-0.25, -0.2) is 9.97 Å². The molecular formula is C28H26N8S. The number of likely N-dealkylation sites (tertiary alicyclic amines) is 1. The summed E-state index contributed by atoms with van der Waals surface area (Å²) in [5.41, 5.74) is 7.43. The van der Waals surface area contributed by atoms with Gasteiger partial charge in [-0.2, -0.15) is 5.10 Å². The minimum absolute atomic E-state index is 0.656. The van der Waals surface area contributed by atoms with Crippen molar-refractivity contribution >= 4 is 33.4 Å². The lowest BCUT2D eigenvalue weighted by Crippen LogP contribution is -2.29. The molecule has 1 aliphatic rings. The number of aromatic nitrogens is 7. The van der Waals surface area contributed by atoms with E-state index in [-0.39, 0.29) is 0 Å². The maximum absolute atomic E-state index is 4.94. The van der Waals surface area contributed by atoms with Crippen LogP contribution >= 0.6 is 11.3 Å². The number of aryl methyl sites for hydroxylation is 1. The summed E-state index contributed by atoms with van der Waals surface area (Å²) in [5.74, 6) is 0.718. The highest BCUT2D eigenvalue weighted by Gasteiger charge is 2.18. The van der Waals surface area contributed by atoms with Gasteiger partial charge in [0.05, 0.1) is 15.8 Å². The van der Waals surface area contributed by atoms with Crippen LogP contribution in [0.3, 0.4) is 0 Å². The van der Waals surface area contributed by atoms with Gasteiger partial charge in [-0.1, -0.05) is 6.42 Å². The molecule has 6 aromatic rings. The molecule has 1 fully saturated rings. The van der Waals surface area contributed by atoms with Crippen molar-refractivity contribution in [1.29, 1.82) is 0 Å². The van der Waals surface area contributed by atoms with E-state index < -0.39 is 0 Å². The predicted octanol–water partition coefficient (Wildman–Crippen LogP) is 5.98. The number of thiophene rings is 1. The van der Waals surface area contributed by atoms with Gasteiger partial charge in [-0.05, 0) is 68.8 Å². The van der Waals surface area contributed by atoms with Gasteiger partial charge in [0.1, 0.15) is 16.9 Å². The molecule has 0 aromatic carbocycles. The Morgan fingerprint density at radius 1 is 0.973 bits per heavy atom. The molecule has 37 heavy (non-hydrogen) atoms. The molecule has 2 N–H and O–H groups in total. The van der Waals surface area contributed by atoms with Crippen molar-refractivity contribution in [3.8, 4) is 33.2 Å². The zero-order valence-corrected chi connectivity index (χ0v) is 21.3. The van der Waals surface area contributed by atoms with E-state index in [9.17, 15) is 0 Å². The number of rotatable bonds is 5. The summed E-state index contributed by atoms with van der Waals surface area (Å²) >= 11 is 1.72. The lowest BCUT2D eigenvalue weighted by Gasteiger charge is -2.26. The third kappa shape index (κ3) is 4.20. The third-order valence-corrected chi connectivity index (χ3v) is 8.01. The van der Waals surface area contributed by atoms with E-state index in [2.05, 4.69) is 66.2 Å². The summed E-state index contributed by atoms with van der Waals surface area (Å²) in [6, 6.07) is 10.5. The van der Waals surface area contributed by atoms with Crippen LogP contribution in [0.2, 0.25) is 0 Å². The number of nitrogens with zero attached hydrogens (tertiary/aromatic N) is 6. The summed E-state index contributed by atoms with van der Waals surface area (Å²) < 4.78 is 0. The Bertz CT molecular complexity index is 1720. The second-order valence-corrected chi connectivity index (χ2v) is 11.0. The summed E-state index contributed by atoms with van der Waals surface area (Å²) in [5, 5.41) is 8.52. The molecule has 0 unspecified atom stereocenters. The van der Waals surface area contributed by atoms with E-state index >= 15 is 0 Å². The number of imidazole rings is 1. The van der Waals surface area contributed by atoms with Crippen molar-refractivity contribution in [2.45, 2.75) is 32.7 Å². The Morgan fingerprint density at radius 2 is 1.86 bits per heavy atom. The fourth-order valence-electron chi connectivity index (χ4n) is 5.14. The Hall–Kier alpha value is -3.95. The molecule has 8 nitrogen and oxygen atoms in total. The number of piperidine rings is 1. The molecule has 1 saturated heterocycles. The van der Waals surface area contributed by atoms with Gasteiger partial charge in [-0.3, -0.25) is 20.0 Å². The summed E-state index contributed by atoms with van der Waals surface area (Å²) in [7, 11) is 0. The molecule has 0 saturated carbocycles. The number of hydrogen-bond acceptors (Lipinski definition) is 7. The van der Waals surface area contributed by atoms with Crippen LogP contribution in [-0.2, 0) is 6.54 Å².